The third-order valence-corrected chi connectivity index (χ3v) is 3.39. The Bertz CT molecular complexity index is 522. The fraction of sp³-hybridized carbons (Fsp3) is 0.462. The van der Waals surface area contributed by atoms with Crippen molar-refractivity contribution in [1.82, 2.24) is 10.2 Å². The van der Waals surface area contributed by atoms with E-state index in [1.807, 2.05) is 6.92 Å². The Labute approximate surface area is 123 Å². The van der Waals surface area contributed by atoms with Gasteiger partial charge < -0.3 is 10.2 Å². The van der Waals surface area contributed by atoms with E-state index in [1.165, 1.54) is 6.07 Å². The maximum atomic E-state index is 12.4. The molecule has 20 heavy (non-hydrogen) atoms. The summed E-state index contributed by atoms with van der Waals surface area (Å²) in [5.74, 6) is -0.130. The van der Waals surface area contributed by atoms with Crippen molar-refractivity contribution in [3.8, 4) is 0 Å². The number of hydrogen-bond donors (Lipinski definition) is 1. The molecule has 7 heteroatoms. The molecule has 1 heterocycles. The van der Waals surface area contributed by atoms with Gasteiger partial charge in [0.2, 0.25) is 0 Å². The number of nitrogens with one attached hydrogen (secondary N) is 1. The molecule has 6 nitrogen and oxygen atoms in total. The topological polar surface area (TPSA) is 75.5 Å². The molecule has 0 aromatic heterocycles. The molecule has 2 rings (SSSR count). The van der Waals surface area contributed by atoms with Gasteiger partial charge in [0.1, 0.15) is 0 Å². The van der Waals surface area contributed by atoms with Crippen LogP contribution in [0, 0.1) is 17.0 Å². The van der Waals surface area contributed by atoms with Gasteiger partial charge in [0.25, 0.3) is 11.6 Å². The molecule has 0 radical (unpaired) electrons. The van der Waals surface area contributed by atoms with Gasteiger partial charge in [-0.05, 0) is 19.9 Å². The lowest BCUT2D eigenvalue weighted by atomic mass is 10.0. The number of nitro groups is 1. The number of nitro benzene ring substituents is 1. The summed E-state index contributed by atoms with van der Waals surface area (Å²) in [6.45, 7) is 5.64. The zero-order valence-electron chi connectivity index (χ0n) is 11.5. The molecule has 0 saturated carbocycles. The second-order valence-electron chi connectivity index (χ2n) is 4.81. The van der Waals surface area contributed by atoms with Gasteiger partial charge in [-0.3, -0.25) is 14.9 Å². The Morgan fingerprint density at radius 1 is 1.50 bits per heavy atom. The van der Waals surface area contributed by atoms with Crippen LogP contribution in [0.25, 0.3) is 0 Å². The number of benzene rings is 1. The lowest BCUT2D eigenvalue weighted by Crippen LogP contribution is -2.51. The van der Waals surface area contributed by atoms with Crippen molar-refractivity contribution < 1.29 is 9.72 Å². The number of halogens is 1. The van der Waals surface area contributed by atoms with Crippen LogP contribution in [0.4, 0.5) is 5.69 Å². The maximum absolute atomic E-state index is 12.4. The third-order valence-electron chi connectivity index (χ3n) is 3.39. The van der Waals surface area contributed by atoms with Crippen LogP contribution in [-0.2, 0) is 0 Å². The minimum absolute atomic E-state index is 0. The molecule has 1 unspecified atom stereocenters. The average molecular weight is 300 g/mol. The van der Waals surface area contributed by atoms with Gasteiger partial charge in [-0.15, -0.1) is 12.4 Å². The van der Waals surface area contributed by atoms with E-state index in [-0.39, 0.29) is 30.0 Å². The molecule has 1 amide bonds. The average Bonchev–Trinajstić information content (AvgIpc) is 2.38. The van der Waals surface area contributed by atoms with Crippen molar-refractivity contribution in [2.45, 2.75) is 19.9 Å². The molecule has 1 aliphatic rings. The highest BCUT2D eigenvalue weighted by Gasteiger charge is 2.25. The first-order valence-electron chi connectivity index (χ1n) is 6.27. The highest BCUT2D eigenvalue weighted by atomic mass is 35.5. The fourth-order valence-corrected chi connectivity index (χ4v) is 2.34. The summed E-state index contributed by atoms with van der Waals surface area (Å²) in [7, 11) is 0. The van der Waals surface area contributed by atoms with Crippen LogP contribution in [0.3, 0.4) is 0 Å². The minimum atomic E-state index is -0.452. The van der Waals surface area contributed by atoms with Crippen LogP contribution in [0.15, 0.2) is 18.2 Å². The standard InChI is InChI=1S/C13H17N3O3.ClH/c1-9-8-15(7-6-14-9)13(17)11-4-3-5-12(10(11)2)16(18)19;/h3-5,9,14H,6-8H2,1-2H3;1H. The second-order valence-corrected chi connectivity index (χ2v) is 4.81. The monoisotopic (exact) mass is 299 g/mol. The smallest absolute Gasteiger partial charge is 0.273 e. The van der Waals surface area contributed by atoms with Crippen LogP contribution in [0.2, 0.25) is 0 Å². The van der Waals surface area contributed by atoms with E-state index in [1.54, 1.807) is 24.0 Å². The largest absolute Gasteiger partial charge is 0.336 e. The molecule has 0 aliphatic carbocycles. The van der Waals surface area contributed by atoms with E-state index >= 15 is 0 Å². The molecular formula is C13H18ClN3O3. The highest BCUT2D eigenvalue weighted by molar-refractivity contribution is 5.96. The quantitative estimate of drug-likeness (QED) is 0.667. The number of piperazine rings is 1. The summed E-state index contributed by atoms with van der Waals surface area (Å²) in [6, 6.07) is 4.88. The van der Waals surface area contributed by atoms with Gasteiger partial charge in [-0.25, -0.2) is 0 Å². The van der Waals surface area contributed by atoms with E-state index in [9.17, 15) is 14.9 Å². The summed E-state index contributed by atoms with van der Waals surface area (Å²) in [4.78, 5) is 24.6. The van der Waals surface area contributed by atoms with E-state index < -0.39 is 4.92 Å². The fourth-order valence-electron chi connectivity index (χ4n) is 2.34. The van der Waals surface area contributed by atoms with Gasteiger partial charge in [0.15, 0.2) is 0 Å². The van der Waals surface area contributed by atoms with Crippen LogP contribution < -0.4 is 5.32 Å². The molecule has 0 spiro atoms. The summed E-state index contributed by atoms with van der Waals surface area (Å²) in [5.41, 5.74) is 0.848. The first-order chi connectivity index (χ1) is 9.00. The molecule has 0 bridgehead atoms. The molecule has 1 aromatic carbocycles. The zero-order chi connectivity index (χ0) is 14.0. The SMILES string of the molecule is Cc1c(C(=O)N2CCNC(C)C2)cccc1[N+](=O)[O-].Cl. The van der Waals surface area contributed by atoms with Crippen molar-refractivity contribution in [1.29, 1.82) is 0 Å². The molecular weight excluding hydrogens is 282 g/mol. The Balaban J connectivity index is 0.00000200. The minimum Gasteiger partial charge on any atom is -0.336 e. The van der Waals surface area contributed by atoms with Crippen LogP contribution in [-0.4, -0.2) is 41.4 Å². The Morgan fingerprint density at radius 3 is 2.80 bits per heavy atom. The Hall–Kier alpha value is -1.66. The van der Waals surface area contributed by atoms with Crippen molar-refractivity contribution in [3.05, 3.63) is 39.4 Å². The maximum Gasteiger partial charge on any atom is 0.273 e. The van der Waals surface area contributed by atoms with E-state index in [0.717, 1.165) is 6.54 Å². The van der Waals surface area contributed by atoms with Gasteiger partial charge in [0.05, 0.1) is 4.92 Å². The summed E-state index contributed by atoms with van der Waals surface area (Å²) >= 11 is 0. The molecule has 1 fully saturated rings. The molecule has 110 valence electrons. The van der Waals surface area contributed by atoms with Crippen molar-refractivity contribution in [2.24, 2.45) is 0 Å². The predicted molar refractivity (Wildman–Crippen MR) is 78.4 cm³/mol. The lowest BCUT2D eigenvalue weighted by Gasteiger charge is -2.32. The molecule has 1 aromatic rings. The van der Waals surface area contributed by atoms with E-state index in [2.05, 4.69) is 5.32 Å². The Morgan fingerprint density at radius 2 is 2.20 bits per heavy atom. The number of carbonyl (C=O) groups excluding carboxylic acids is 1. The van der Waals surface area contributed by atoms with E-state index in [0.29, 0.717) is 24.2 Å². The second kappa shape index (κ2) is 6.67. The van der Waals surface area contributed by atoms with Crippen LogP contribution >= 0.6 is 12.4 Å². The van der Waals surface area contributed by atoms with Gasteiger partial charge in [-0.2, -0.15) is 0 Å². The molecule has 1 aliphatic heterocycles. The number of amides is 1. The number of hydrogen-bond acceptors (Lipinski definition) is 4. The third kappa shape index (κ3) is 3.26. The first kappa shape index (κ1) is 16.4. The summed E-state index contributed by atoms with van der Waals surface area (Å²) in [6.07, 6.45) is 0. The summed E-state index contributed by atoms with van der Waals surface area (Å²) in [5, 5.41) is 14.2. The predicted octanol–water partition coefficient (Wildman–Crippen LogP) is 1.76. The number of carbonyl (C=O) groups is 1. The normalized spacial score (nSPS) is 18.3. The van der Waals surface area contributed by atoms with Crippen molar-refractivity contribution in [3.63, 3.8) is 0 Å². The van der Waals surface area contributed by atoms with Gasteiger partial charge in [-0.1, -0.05) is 6.07 Å². The van der Waals surface area contributed by atoms with Crippen molar-refractivity contribution in [2.75, 3.05) is 19.6 Å². The molecule has 1 saturated heterocycles. The van der Waals surface area contributed by atoms with Crippen LogP contribution in [0.1, 0.15) is 22.8 Å². The van der Waals surface area contributed by atoms with Gasteiger partial charge >= 0.3 is 0 Å². The summed E-state index contributed by atoms with van der Waals surface area (Å²) < 4.78 is 0. The van der Waals surface area contributed by atoms with E-state index in [4.69, 9.17) is 0 Å². The van der Waals surface area contributed by atoms with Crippen molar-refractivity contribution >= 4 is 24.0 Å². The Kier molecular flexibility index (Phi) is 5.47. The zero-order valence-corrected chi connectivity index (χ0v) is 12.3. The van der Waals surface area contributed by atoms with Gasteiger partial charge in [0, 0.05) is 42.9 Å². The number of rotatable bonds is 2. The molecule has 1 N–H and O–H groups in total. The van der Waals surface area contributed by atoms with Crippen LogP contribution in [0.5, 0.6) is 0 Å². The molecule has 1 atom stereocenters. The number of nitrogens with zero attached hydrogens (tertiary/aromatic N) is 2. The highest BCUT2D eigenvalue weighted by Crippen LogP contribution is 2.22. The lowest BCUT2D eigenvalue weighted by molar-refractivity contribution is -0.385. The first-order valence-corrected chi connectivity index (χ1v) is 6.27.